The Morgan fingerprint density at radius 2 is 1.70 bits per heavy atom. The highest BCUT2D eigenvalue weighted by molar-refractivity contribution is 9.10. The molecule has 0 saturated carbocycles. The van der Waals surface area contributed by atoms with Crippen molar-refractivity contribution in [3.63, 3.8) is 0 Å². The van der Waals surface area contributed by atoms with Crippen LogP contribution in [-0.2, 0) is 27.1 Å². The average molecular weight is 705 g/mol. The molecule has 0 aliphatic carbocycles. The monoisotopic (exact) mass is 703 g/mol. The number of hydrogen-bond donors (Lipinski definition) is 1. The summed E-state index contributed by atoms with van der Waals surface area (Å²) >= 11 is 5.25. The topological polar surface area (TPSA) is 97.7 Å². The Morgan fingerprint density at radius 1 is 1.00 bits per heavy atom. The molecule has 1 aromatic heterocycles. The third-order valence-corrected chi connectivity index (χ3v) is 10.5. The number of rotatable bonds is 6. The number of nitrogens with zero attached hydrogens (tertiary/aromatic N) is 2. The lowest BCUT2D eigenvalue weighted by Gasteiger charge is -2.30. The minimum Gasteiger partial charge on any atom is -0.497 e. The number of benzene rings is 3. The number of carbonyl (C=O) groups is 3. The molecule has 3 amide bonds. The quantitative estimate of drug-likeness (QED) is 0.243. The number of alkyl halides is 3. The maximum Gasteiger partial charge on any atom is 0.416 e. The average Bonchev–Trinajstić information content (AvgIpc) is 3.43. The Morgan fingerprint density at radius 3 is 2.36 bits per heavy atom. The van der Waals surface area contributed by atoms with E-state index in [4.69, 9.17) is 4.74 Å². The standard InChI is InChI=1S/C30H21BrF3N3O5S2/c1-42-20-11-9-18(10-12-20)35-21(38)14-36-28-25(44-29(36)41)22(15-5-7-17(31)8-6-15)23-24(43-28)27(40)37(26(23)39)19-4-2-3-16(13-19)30(32,33)34/h2-13,22-24H,14H2,1H3,(H,35,38)/t22-,23-,24+/m0/s1. The van der Waals surface area contributed by atoms with Gasteiger partial charge in [-0.2, -0.15) is 13.2 Å². The predicted molar refractivity (Wildman–Crippen MR) is 163 cm³/mol. The number of amides is 3. The third-order valence-electron chi connectivity index (χ3n) is 7.39. The van der Waals surface area contributed by atoms with Crippen LogP contribution in [0.5, 0.6) is 5.75 Å². The molecule has 44 heavy (non-hydrogen) atoms. The molecule has 0 spiro atoms. The van der Waals surface area contributed by atoms with Crippen molar-refractivity contribution in [3.05, 3.63) is 103 Å². The lowest BCUT2D eigenvalue weighted by molar-refractivity contribution is -0.137. The summed E-state index contributed by atoms with van der Waals surface area (Å²) in [6, 6.07) is 17.8. The van der Waals surface area contributed by atoms with Gasteiger partial charge in [-0.25, -0.2) is 4.90 Å². The van der Waals surface area contributed by atoms with Crippen LogP contribution < -0.4 is 19.8 Å². The van der Waals surface area contributed by atoms with Gasteiger partial charge in [0.15, 0.2) is 0 Å². The molecular weight excluding hydrogens is 683 g/mol. The van der Waals surface area contributed by atoms with Gasteiger partial charge in [0.2, 0.25) is 17.7 Å². The van der Waals surface area contributed by atoms with Crippen LogP contribution in [0.1, 0.15) is 21.9 Å². The number of thioether (sulfide) groups is 1. The minimum atomic E-state index is -4.67. The van der Waals surface area contributed by atoms with Crippen LogP contribution in [0.2, 0.25) is 0 Å². The summed E-state index contributed by atoms with van der Waals surface area (Å²) < 4.78 is 47.6. The van der Waals surface area contributed by atoms with Gasteiger partial charge in [0.25, 0.3) is 0 Å². The Balaban J connectivity index is 1.39. The van der Waals surface area contributed by atoms with Gasteiger partial charge in [0.05, 0.1) is 29.3 Å². The van der Waals surface area contributed by atoms with Crippen molar-refractivity contribution in [2.24, 2.45) is 5.92 Å². The van der Waals surface area contributed by atoms with Crippen molar-refractivity contribution >= 4 is 68.1 Å². The first-order valence-corrected chi connectivity index (χ1v) is 15.6. The maximum atomic E-state index is 13.9. The summed E-state index contributed by atoms with van der Waals surface area (Å²) in [5.74, 6) is -2.97. The summed E-state index contributed by atoms with van der Waals surface area (Å²) in [6.45, 7) is -0.354. The van der Waals surface area contributed by atoms with Crippen molar-refractivity contribution in [3.8, 4) is 5.75 Å². The van der Waals surface area contributed by atoms with Crippen LogP contribution in [0.3, 0.4) is 0 Å². The van der Waals surface area contributed by atoms with Gasteiger partial charge < -0.3 is 10.1 Å². The van der Waals surface area contributed by atoms with E-state index in [2.05, 4.69) is 21.2 Å². The molecule has 0 bridgehead atoms. The van der Waals surface area contributed by atoms with Gasteiger partial charge >= 0.3 is 11.0 Å². The molecule has 4 aromatic rings. The number of hydrogen-bond acceptors (Lipinski definition) is 7. The van der Waals surface area contributed by atoms with Gasteiger partial charge in [-0.15, -0.1) is 0 Å². The minimum absolute atomic E-state index is 0.181. The largest absolute Gasteiger partial charge is 0.497 e. The molecule has 1 N–H and O–H groups in total. The fourth-order valence-corrected chi connectivity index (χ4v) is 8.42. The molecule has 0 radical (unpaired) electrons. The van der Waals surface area contributed by atoms with Gasteiger partial charge in [-0.05, 0) is 60.2 Å². The van der Waals surface area contributed by atoms with E-state index in [1.54, 1.807) is 48.5 Å². The molecule has 3 heterocycles. The van der Waals surface area contributed by atoms with Gasteiger partial charge in [0.1, 0.15) is 17.5 Å². The molecule has 14 heteroatoms. The molecule has 226 valence electrons. The van der Waals surface area contributed by atoms with Gasteiger partial charge in [0, 0.05) is 21.0 Å². The number of carbonyl (C=O) groups excluding carboxylic acids is 3. The molecule has 2 aliphatic rings. The van der Waals surface area contributed by atoms with Gasteiger partial charge in [-0.1, -0.05) is 57.2 Å². The highest BCUT2D eigenvalue weighted by Gasteiger charge is 2.57. The normalized spacial score (nSPS) is 19.5. The molecule has 2 aliphatic heterocycles. The first-order chi connectivity index (χ1) is 21.0. The first kappa shape index (κ1) is 30.2. The molecule has 8 nitrogen and oxygen atoms in total. The third kappa shape index (κ3) is 5.46. The van der Waals surface area contributed by atoms with Crippen molar-refractivity contribution in [1.82, 2.24) is 4.57 Å². The highest BCUT2D eigenvalue weighted by atomic mass is 79.9. The number of aromatic nitrogens is 1. The number of anilines is 2. The van der Waals surface area contributed by atoms with E-state index in [9.17, 15) is 32.3 Å². The number of thiazole rings is 1. The Labute approximate surface area is 265 Å². The van der Waals surface area contributed by atoms with E-state index in [1.165, 1.54) is 17.7 Å². The molecule has 1 fully saturated rings. The number of methoxy groups -OCH3 is 1. The fourth-order valence-electron chi connectivity index (χ4n) is 5.38. The Bertz CT molecular complexity index is 1840. The molecule has 6 rings (SSSR count). The smallest absolute Gasteiger partial charge is 0.416 e. The first-order valence-electron chi connectivity index (χ1n) is 13.1. The lowest BCUT2D eigenvalue weighted by atomic mass is 9.83. The van der Waals surface area contributed by atoms with Crippen LogP contribution in [-0.4, -0.2) is 34.6 Å². The Kier molecular flexibility index (Phi) is 7.92. The zero-order valence-corrected chi connectivity index (χ0v) is 25.9. The fraction of sp³-hybridized carbons (Fsp3) is 0.200. The van der Waals surface area contributed by atoms with E-state index in [-0.39, 0.29) is 12.2 Å². The predicted octanol–water partition coefficient (Wildman–Crippen LogP) is 6.13. The second kappa shape index (κ2) is 11.6. The lowest BCUT2D eigenvalue weighted by Crippen LogP contribution is -2.33. The maximum absolute atomic E-state index is 13.9. The molecule has 3 atom stereocenters. The summed E-state index contributed by atoms with van der Waals surface area (Å²) in [4.78, 5) is 54.9. The van der Waals surface area contributed by atoms with Crippen LogP contribution in [0.15, 0.2) is 87.1 Å². The van der Waals surface area contributed by atoms with E-state index in [1.807, 2.05) is 0 Å². The SMILES string of the molecule is COc1ccc(NC(=O)Cn2c3c(sc2=O)[C@@H](c2ccc(Br)cc2)[C@@H]2C(=O)N(c4cccc(C(F)(F)F)c4)C(=O)[C@@H]2S3)cc1. The molecular formula is C30H21BrF3N3O5S2. The number of halogens is 4. The number of fused-ring (bicyclic) bond motifs is 2. The summed E-state index contributed by atoms with van der Waals surface area (Å²) in [7, 11) is 1.52. The zero-order valence-electron chi connectivity index (χ0n) is 22.6. The summed E-state index contributed by atoms with van der Waals surface area (Å²) in [6.07, 6.45) is -4.67. The van der Waals surface area contributed by atoms with E-state index in [0.29, 0.717) is 26.9 Å². The van der Waals surface area contributed by atoms with Crippen LogP contribution >= 0.6 is 39.0 Å². The number of imide groups is 1. The molecule has 3 aromatic carbocycles. The van der Waals surface area contributed by atoms with Crippen molar-refractivity contribution in [1.29, 1.82) is 0 Å². The van der Waals surface area contributed by atoms with Crippen molar-refractivity contribution < 1.29 is 32.3 Å². The van der Waals surface area contributed by atoms with Crippen molar-refractivity contribution in [2.75, 3.05) is 17.3 Å². The summed E-state index contributed by atoms with van der Waals surface area (Å²) in [5.41, 5.74) is -0.0352. The molecule has 0 unspecified atom stereocenters. The highest BCUT2D eigenvalue weighted by Crippen LogP contribution is 2.54. The Hall–Kier alpha value is -3.88. The number of ether oxygens (including phenoxy) is 1. The van der Waals surface area contributed by atoms with Crippen LogP contribution in [0.25, 0.3) is 0 Å². The second-order valence-corrected chi connectivity index (χ2v) is 13.1. The van der Waals surface area contributed by atoms with Gasteiger partial charge in [-0.3, -0.25) is 23.7 Å². The molecule has 1 saturated heterocycles. The summed E-state index contributed by atoms with van der Waals surface area (Å²) in [5, 5.41) is 2.07. The second-order valence-electron chi connectivity index (χ2n) is 10.1. The zero-order chi connectivity index (χ0) is 31.3. The van der Waals surface area contributed by atoms with E-state index in [0.717, 1.165) is 50.7 Å². The van der Waals surface area contributed by atoms with Crippen molar-refractivity contribution in [2.45, 2.75) is 28.9 Å². The van der Waals surface area contributed by atoms with E-state index >= 15 is 0 Å². The van der Waals surface area contributed by atoms with Crippen LogP contribution in [0, 0.1) is 5.92 Å². The van der Waals surface area contributed by atoms with E-state index < -0.39 is 51.4 Å². The number of nitrogens with one attached hydrogen (secondary N) is 1. The van der Waals surface area contributed by atoms with Crippen LogP contribution in [0.4, 0.5) is 24.5 Å².